The molecule has 1 aliphatic rings. The number of carbonyl (C=O) groups is 1. The van der Waals surface area contributed by atoms with Crippen LogP contribution in [0.4, 0.5) is 0 Å². The third kappa shape index (κ3) is 1.95. The van der Waals surface area contributed by atoms with Gasteiger partial charge in [-0.25, -0.2) is 4.79 Å². The van der Waals surface area contributed by atoms with Crippen molar-refractivity contribution in [3.05, 3.63) is 11.3 Å². The second kappa shape index (κ2) is 3.82. The summed E-state index contributed by atoms with van der Waals surface area (Å²) in [5.74, 6) is -0.506. The summed E-state index contributed by atoms with van der Waals surface area (Å²) in [7, 11) is 0. The maximum Gasteiger partial charge on any atom is 0.344 e. The molecule has 0 spiro atoms. The first-order valence-electron chi connectivity index (χ1n) is 4.62. The third-order valence-corrected chi connectivity index (χ3v) is 1.94. The van der Waals surface area contributed by atoms with Crippen LogP contribution in [0.15, 0.2) is 16.3 Å². The fraction of sp³-hybridized carbons (Fsp3) is 0.600. The maximum absolute atomic E-state index is 11.3. The van der Waals surface area contributed by atoms with Crippen molar-refractivity contribution in [3.8, 4) is 0 Å². The number of carbonyl (C=O) groups excluding carboxylic acids is 1. The first kappa shape index (κ1) is 10.8. The van der Waals surface area contributed by atoms with Gasteiger partial charge in [0.15, 0.2) is 6.10 Å². The van der Waals surface area contributed by atoms with Crippen LogP contribution in [-0.4, -0.2) is 28.9 Å². The molecule has 1 atom stereocenters. The fourth-order valence-electron chi connectivity index (χ4n) is 1.37. The van der Waals surface area contributed by atoms with Gasteiger partial charge in [-0.15, -0.1) is 0 Å². The average molecular weight is 197 g/mol. The number of hydrogen-bond donors (Lipinski definition) is 1. The highest BCUT2D eigenvalue weighted by Crippen LogP contribution is 2.21. The van der Waals surface area contributed by atoms with E-state index >= 15 is 0 Å². The number of esters is 1. The molecule has 0 saturated carbocycles. The van der Waals surface area contributed by atoms with Gasteiger partial charge in [-0.3, -0.25) is 4.99 Å². The van der Waals surface area contributed by atoms with E-state index in [1.54, 1.807) is 13.8 Å². The summed E-state index contributed by atoms with van der Waals surface area (Å²) in [6, 6.07) is 0.0963. The zero-order chi connectivity index (χ0) is 10.9. The summed E-state index contributed by atoms with van der Waals surface area (Å²) in [4.78, 5) is 15.5. The Morgan fingerprint density at radius 1 is 1.57 bits per heavy atom. The molecule has 0 saturated heterocycles. The molecule has 4 nitrogen and oxygen atoms in total. The molecule has 0 aliphatic carbocycles. The lowest BCUT2D eigenvalue weighted by Crippen LogP contribution is -2.10. The SMILES string of the molecule is CC(=NC(C)C)C1=C(O)C(C)OC1=O. The van der Waals surface area contributed by atoms with E-state index in [-0.39, 0.29) is 17.4 Å². The van der Waals surface area contributed by atoms with Gasteiger partial charge >= 0.3 is 5.97 Å². The number of rotatable bonds is 2. The molecule has 1 heterocycles. The molecule has 14 heavy (non-hydrogen) atoms. The van der Waals surface area contributed by atoms with E-state index in [1.165, 1.54) is 0 Å². The van der Waals surface area contributed by atoms with Crippen LogP contribution in [0.2, 0.25) is 0 Å². The number of aliphatic hydroxyl groups excluding tert-OH is 1. The summed E-state index contributed by atoms with van der Waals surface area (Å²) in [6.07, 6.45) is -0.546. The fourth-order valence-corrected chi connectivity index (χ4v) is 1.37. The zero-order valence-corrected chi connectivity index (χ0v) is 8.87. The monoisotopic (exact) mass is 197 g/mol. The van der Waals surface area contributed by atoms with E-state index in [2.05, 4.69) is 4.99 Å². The second-order valence-electron chi connectivity index (χ2n) is 3.62. The van der Waals surface area contributed by atoms with Crippen molar-refractivity contribution in [2.75, 3.05) is 0 Å². The van der Waals surface area contributed by atoms with Gasteiger partial charge in [0.1, 0.15) is 11.3 Å². The molecule has 0 amide bonds. The van der Waals surface area contributed by atoms with Crippen LogP contribution in [0.3, 0.4) is 0 Å². The van der Waals surface area contributed by atoms with Crippen LogP contribution >= 0.6 is 0 Å². The molecule has 0 radical (unpaired) electrons. The average Bonchev–Trinajstić information content (AvgIpc) is 2.25. The number of aliphatic hydroxyl groups is 1. The predicted molar refractivity (Wildman–Crippen MR) is 53.5 cm³/mol. The van der Waals surface area contributed by atoms with E-state index in [1.807, 2.05) is 13.8 Å². The van der Waals surface area contributed by atoms with Crippen LogP contribution in [0.25, 0.3) is 0 Å². The highest BCUT2D eigenvalue weighted by atomic mass is 16.6. The van der Waals surface area contributed by atoms with Gasteiger partial charge in [-0.1, -0.05) is 0 Å². The van der Waals surface area contributed by atoms with Crippen molar-refractivity contribution in [3.63, 3.8) is 0 Å². The minimum Gasteiger partial charge on any atom is -0.507 e. The largest absolute Gasteiger partial charge is 0.507 e. The second-order valence-corrected chi connectivity index (χ2v) is 3.62. The van der Waals surface area contributed by atoms with Gasteiger partial charge in [0.2, 0.25) is 0 Å². The Kier molecular flexibility index (Phi) is 2.93. The molecular formula is C10H15NO3. The summed E-state index contributed by atoms with van der Waals surface area (Å²) < 4.78 is 4.84. The van der Waals surface area contributed by atoms with Crippen LogP contribution in [0.5, 0.6) is 0 Å². The maximum atomic E-state index is 11.3. The normalized spacial score (nSPS) is 23.4. The Morgan fingerprint density at radius 2 is 2.14 bits per heavy atom. The summed E-state index contributed by atoms with van der Waals surface area (Å²) >= 11 is 0. The minimum atomic E-state index is -0.546. The van der Waals surface area contributed by atoms with E-state index in [0.29, 0.717) is 5.71 Å². The number of aliphatic imine (C=N–C) groups is 1. The standard InChI is InChI=1S/C10H15NO3/c1-5(2)11-6(3)8-9(12)7(4)14-10(8)13/h5,7,12H,1-4H3. The minimum absolute atomic E-state index is 0.0168. The van der Waals surface area contributed by atoms with Gasteiger partial charge in [0.05, 0.1) is 5.71 Å². The van der Waals surface area contributed by atoms with Crippen molar-refractivity contribution in [1.29, 1.82) is 0 Å². The van der Waals surface area contributed by atoms with Crippen molar-refractivity contribution in [2.24, 2.45) is 4.99 Å². The molecule has 1 aliphatic heterocycles. The van der Waals surface area contributed by atoms with Gasteiger partial charge < -0.3 is 9.84 Å². The van der Waals surface area contributed by atoms with Gasteiger partial charge in [-0.05, 0) is 27.7 Å². The van der Waals surface area contributed by atoms with Crippen LogP contribution < -0.4 is 0 Å². The molecule has 0 bridgehead atoms. The lowest BCUT2D eigenvalue weighted by Gasteiger charge is -2.01. The van der Waals surface area contributed by atoms with Crippen molar-refractivity contribution < 1.29 is 14.6 Å². The molecule has 1 N–H and O–H groups in total. The molecule has 4 heteroatoms. The van der Waals surface area contributed by atoms with E-state index < -0.39 is 12.1 Å². The van der Waals surface area contributed by atoms with Crippen LogP contribution in [0, 0.1) is 0 Å². The molecule has 78 valence electrons. The Balaban J connectivity index is 3.03. The van der Waals surface area contributed by atoms with Crippen LogP contribution in [-0.2, 0) is 9.53 Å². The molecule has 1 unspecified atom stereocenters. The van der Waals surface area contributed by atoms with Crippen molar-refractivity contribution in [1.82, 2.24) is 0 Å². The van der Waals surface area contributed by atoms with Crippen molar-refractivity contribution >= 4 is 11.7 Å². The molecule has 0 fully saturated rings. The van der Waals surface area contributed by atoms with Crippen LogP contribution in [0.1, 0.15) is 27.7 Å². The Bertz CT molecular complexity index is 315. The third-order valence-electron chi connectivity index (χ3n) is 1.94. The first-order valence-corrected chi connectivity index (χ1v) is 4.62. The summed E-state index contributed by atoms with van der Waals surface area (Å²) in [5.41, 5.74) is 0.748. The van der Waals surface area contributed by atoms with Gasteiger partial charge in [-0.2, -0.15) is 0 Å². The number of hydrogen-bond acceptors (Lipinski definition) is 4. The number of ether oxygens (including phenoxy) is 1. The van der Waals surface area contributed by atoms with Gasteiger partial charge in [0.25, 0.3) is 0 Å². The van der Waals surface area contributed by atoms with Gasteiger partial charge in [0, 0.05) is 6.04 Å². The highest BCUT2D eigenvalue weighted by molar-refractivity contribution is 6.20. The Morgan fingerprint density at radius 3 is 2.50 bits per heavy atom. The topological polar surface area (TPSA) is 58.9 Å². The lowest BCUT2D eigenvalue weighted by molar-refractivity contribution is -0.139. The van der Waals surface area contributed by atoms with E-state index in [9.17, 15) is 9.90 Å². The quantitative estimate of drug-likeness (QED) is 0.540. The molecule has 1 rings (SSSR count). The molecule has 0 aromatic heterocycles. The number of nitrogens with zero attached hydrogens (tertiary/aromatic N) is 1. The lowest BCUT2D eigenvalue weighted by atomic mass is 10.1. The molecule has 0 aromatic carbocycles. The molecular weight excluding hydrogens is 182 g/mol. The predicted octanol–water partition coefficient (Wildman–Crippen LogP) is 1.61. The smallest absolute Gasteiger partial charge is 0.344 e. The number of cyclic esters (lactones) is 1. The summed E-state index contributed by atoms with van der Waals surface area (Å²) in [6.45, 7) is 7.14. The first-order chi connectivity index (χ1) is 6.43. The van der Waals surface area contributed by atoms with E-state index in [0.717, 1.165) is 0 Å². The Labute approximate surface area is 83.3 Å². The molecule has 0 aromatic rings. The Hall–Kier alpha value is -1.32. The zero-order valence-electron chi connectivity index (χ0n) is 8.87. The summed E-state index contributed by atoms with van der Waals surface area (Å²) in [5, 5.41) is 9.56. The van der Waals surface area contributed by atoms with E-state index in [4.69, 9.17) is 4.74 Å². The highest BCUT2D eigenvalue weighted by Gasteiger charge is 2.32. The van der Waals surface area contributed by atoms with Crippen molar-refractivity contribution in [2.45, 2.75) is 39.8 Å².